The molecule has 1 aromatic heterocycles. The second-order valence-electron chi connectivity index (χ2n) is 10.2. The molecule has 38 heavy (non-hydrogen) atoms. The number of phenolic OH excluding ortho intramolecular Hbond substituents is 1. The number of aromatic nitrogens is 2. The SMILES string of the molecule is CSN1CCCC(n2c(NCc3ccc(O)cc3)nc3c(c2=O)CCN(C(=O)c2ccc(C)c(C)c2)C3)C1. The van der Waals surface area contributed by atoms with E-state index in [-0.39, 0.29) is 23.3 Å². The molecule has 3 heterocycles. The van der Waals surface area contributed by atoms with Gasteiger partial charge in [-0.1, -0.05) is 30.1 Å². The molecular formula is C29H35N5O3S. The molecule has 0 saturated carbocycles. The predicted molar refractivity (Wildman–Crippen MR) is 152 cm³/mol. The van der Waals surface area contributed by atoms with Gasteiger partial charge < -0.3 is 15.3 Å². The van der Waals surface area contributed by atoms with Gasteiger partial charge in [-0.15, -0.1) is 0 Å². The van der Waals surface area contributed by atoms with Gasteiger partial charge in [0.25, 0.3) is 11.5 Å². The number of aromatic hydroxyl groups is 1. The predicted octanol–water partition coefficient (Wildman–Crippen LogP) is 4.29. The highest BCUT2D eigenvalue weighted by molar-refractivity contribution is 7.96. The maximum Gasteiger partial charge on any atom is 0.258 e. The van der Waals surface area contributed by atoms with Crippen LogP contribution < -0.4 is 10.9 Å². The van der Waals surface area contributed by atoms with Gasteiger partial charge in [0, 0.05) is 37.3 Å². The van der Waals surface area contributed by atoms with Crippen molar-refractivity contribution in [2.75, 3.05) is 31.2 Å². The van der Waals surface area contributed by atoms with E-state index in [1.807, 2.05) is 48.7 Å². The Labute approximate surface area is 227 Å². The van der Waals surface area contributed by atoms with E-state index >= 15 is 0 Å². The highest BCUT2D eigenvalue weighted by atomic mass is 32.2. The van der Waals surface area contributed by atoms with E-state index in [0.717, 1.165) is 42.6 Å². The Bertz CT molecular complexity index is 1390. The molecule has 5 rings (SSSR count). The number of piperidine rings is 1. The quantitative estimate of drug-likeness (QED) is 0.457. The second-order valence-corrected chi connectivity index (χ2v) is 11.1. The fraction of sp³-hybridized carbons (Fsp3) is 0.414. The molecule has 200 valence electrons. The standard InChI is InChI=1S/C29H35N5O3S/c1-19-6-9-22(15-20(19)2)27(36)32-14-12-25-26(18-32)31-29(30-16-21-7-10-24(35)11-8-21)34(28(25)37)23-5-4-13-33(17-23)38-3/h6-11,15,23,35H,4-5,12-14,16-18H2,1-3H3,(H,30,31). The Balaban J connectivity index is 1.47. The third kappa shape index (κ3) is 5.44. The summed E-state index contributed by atoms with van der Waals surface area (Å²) in [5.41, 5.74) is 5.25. The van der Waals surface area contributed by atoms with Crippen LogP contribution in [-0.2, 0) is 19.5 Å². The molecule has 9 heteroatoms. The third-order valence-corrected chi connectivity index (χ3v) is 8.53. The Morgan fingerprint density at radius 2 is 1.92 bits per heavy atom. The van der Waals surface area contributed by atoms with Crippen molar-refractivity contribution in [3.05, 3.63) is 86.3 Å². The molecule has 3 aromatic rings. The third-order valence-electron chi connectivity index (χ3n) is 7.68. The monoisotopic (exact) mass is 533 g/mol. The number of amides is 1. The first-order valence-corrected chi connectivity index (χ1v) is 14.3. The van der Waals surface area contributed by atoms with Crippen LogP contribution >= 0.6 is 11.9 Å². The number of fused-ring (bicyclic) bond motifs is 1. The van der Waals surface area contributed by atoms with Gasteiger partial charge in [-0.3, -0.25) is 14.2 Å². The maximum absolute atomic E-state index is 13.9. The zero-order valence-corrected chi connectivity index (χ0v) is 23.1. The Morgan fingerprint density at radius 1 is 1.13 bits per heavy atom. The maximum atomic E-state index is 13.9. The number of hydrogen-bond donors (Lipinski definition) is 2. The highest BCUT2D eigenvalue weighted by Crippen LogP contribution is 2.28. The first-order valence-electron chi connectivity index (χ1n) is 13.2. The molecular weight excluding hydrogens is 498 g/mol. The molecule has 2 aromatic carbocycles. The molecule has 1 unspecified atom stereocenters. The molecule has 0 aliphatic carbocycles. The van der Waals surface area contributed by atoms with Gasteiger partial charge >= 0.3 is 0 Å². The van der Waals surface area contributed by atoms with Crippen molar-refractivity contribution in [1.29, 1.82) is 0 Å². The van der Waals surface area contributed by atoms with Gasteiger partial charge in [-0.2, -0.15) is 0 Å². The molecule has 2 N–H and O–H groups in total. The number of carbonyl (C=O) groups excluding carboxylic acids is 1. The van der Waals surface area contributed by atoms with Crippen LogP contribution in [0.3, 0.4) is 0 Å². The van der Waals surface area contributed by atoms with Crippen LogP contribution in [-0.4, -0.2) is 55.7 Å². The minimum Gasteiger partial charge on any atom is -0.508 e. The van der Waals surface area contributed by atoms with E-state index in [1.165, 1.54) is 0 Å². The van der Waals surface area contributed by atoms with Gasteiger partial charge in [-0.05, 0) is 80.3 Å². The van der Waals surface area contributed by atoms with Gasteiger partial charge in [0.1, 0.15) is 5.75 Å². The number of benzene rings is 2. The summed E-state index contributed by atoms with van der Waals surface area (Å²) in [4.78, 5) is 34.0. The lowest BCUT2D eigenvalue weighted by Gasteiger charge is -2.34. The summed E-state index contributed by atoms with van der Waals surface area (Å²) in [6.45, 7) is 7.12. The second kappa shape index (κ2) is 11.2. The number of rotatable bonds is 6. The van der Waals surface area contributed by atoms with Crippen LogP contribution in [0.1, 0.15) is 57.2 Å². The molecule has 1 fully saturated rings. The normalized spacial score (nSPS) is 17.8. The largest absolute Gasteiger partial charge is 0.508 e. The van der Waals surface area contributed by atoms with Gasteiger partial charge in [-0.25, -0.2) is 9.29 Å². The number of hydrogen-bond acceptors (Lipinski definition) is 7. The molecule has 1 saturated heterocycles. The molecule has 8 nitrogen and oxygen atoms in total. The Morgan fingerprint density at radius 3 is 2.66 bits per heavy atom. The van der Waals surface area contributed by atoms with E-state index in [0.29, 0.717) is 48.8 Å². The fourth-order valence-corrected chi connectivity index (χ4v) is 5.92. The summed E-state index contributed by atoms with van der Waals surface area (Å²) in [7, 11) is 0. The number of aryl methyl sites for hydroxylation is 2. The van der Waals surface area contributed by atoms with Crippen molar-refractivity contribution in [3.8, 4) is 5.75 Å². The van der Waals surface area contributed by atoms with E-state index in [4.69, 9.17) is 4.98 Å². The van der Waals surface area contributed by atoms with Crippen LogP contribution in [0.25, 0.3) is 0 Å². The van der Waals surface area contributed by atoms with Crippen LogP contribution in [0.15, 0.2) is 47.3 Å². The summed E-state index contributed by atoms with van der Waals surface area (Å²) in [5, 5.41) is 13.0. The first kappa shape index (κ1) is 26.3. The number of phenols is 1. The summed E-state index contributed by atoms with van der Waals surface area (Å²) in [6.07, 6.45) is 4.50. The lowest BCUT2D eigenvalue weighted by atomic mass is 10.0. The van der Waals surface area contributed by atoms with Crippen molar-refractivity contribution in [1.82, 2.24) is 18.8 Å². The van der Waals surface area contributed by atoms with E-state index in [9.17, 15) is 14.7 Å². The lowest BCUT2D eigenvalue weighted by molar-refractivity contribution is 0.0730. The van der Waals surface area contributed by atoms with Crippen molar-refractivity contribution >= 4 is 23.8 Å². The number of nitrogens with zero attached hydrogens (tertiary/aromatic N) is 4. The van der Waals surface area contributed by atoms with Crippen molar-refractivity contribution in [3.63, 3.8) is 0 Å². The number of nitrogens with one attached hydrogen (secondary N) is 1. The first-order chi connectivity index (χ1) is 18.3. The summed E-state index contributed by atoms with van der Waals surface area (Å²) in [5.74, 6) is 0.715. The van der Waals surface area contributed by atoms with Gasteiger partial charge in [0.2, 0.25) is 5.95 Å². The summed E-state index contributed by atoms with van der Waals surface area (Å²) < 4.78 is 4.15. The van der Waals surface area contributed by atoms with Crippen LogP contribution in [0.4, 0.5) is 5.95 Å². The fourth-order valence-electron chi connectivity index (χ4n) is 5.29. The molecule has 2 aliphatic heterocycles. The van der Waals surface area contributed by atoms with E-state index in [2.05, 4.69) is 15.9 Å². The summed E-state index contributed by atoms with van der Waals surface area (Å²) in [6, 6.07) is 12.8. The lowest BCUT2D eigenvalue weighted by Crippen LogP contribution is -2.43. The highest BCUT2D eigenvalue weighted by Gasteiger charge is 2.30. The minimum atomic E-state index is -0.0359. The van der Waals surface area contributed by atoms with Crippen LogP contribution in [0.2, 0.25) is 0 Å². The average molecular weight is 534 g/mol. The van der Waals surface area contributed by atoms with E-state index < -0.39 is 0 Å². The number of anilines is 1. The smallest absolute Gasteiger partial charge is 0.258 e. The Hall–Kier alpha value is -3.30. The van der Waals surface area contributed by atoms with Crippen molar-refractivity contribution in [2.45, 2.75) is 52.2 Å². The average Bonchev–Trinajstić information content (AvgIpc) is 2.93. The molecule has 1 amide bonds. The molecule has 0 spiro atoms. The molecule has 0 radical (unpaired) electrons. The zero-order valence-electron chi connectivity index (χ0n) is 22.2. The van der Waals surface area contributed by atoms with Crippen molar-refractivity contribution in [2.24, 2.45) is 0 Å². The molecule has 1 atom stereocenters. The zero-order chi connectivity index (χ0) is 26.8. The number of carbonyl (C=O) groups is 1. The summed E-state index contributed by atoms with van der Waals surface area (Å²) >= 11 is 1.71. The van der Waals surface area contributed by atoms with Crippen molar-refractivity contribution < 1.29 is 9.90 Å². The van der Waals surface area contributed by atoms with Crippen LogP contribution in [0.5, 0.6) is 5.75 Å². The topological polar surface area (TPSA) is 90.7 Å². The van der Waals surface area contributed by atoms with Gasteiger partial charge in [0.15, 0.2) is 0 Å². The van der Waals surface area contributed by atoms with Gasteiger partial charge in [0.05, 0.1) is 18.3 Å². The minimum absolute atomic E-state index is 0.00515. The van der Waals surface area contributed by atoms with E-state index in [1.54, 1.807) is 29.0 Å². The molecule has 0 bridgehead atoms. The molecule has 2 aliphatic rings. The Kier molecular flexibility index (Phi) is 7.76. The van der Waals surface area contributed by atoms with Crippen LogP contribution in [0, 0.1) is 13.8 Å².